The minimum absolute atomic E-state index is 0.479. The Morgan fingerprint density at radius 2 is 2.18 bits per heavy atom. The van der Waals surface area contributed by atoms with E-state index >= 15 is 0 Å². The van der Waals surface area contributed by atoms with Crippen LogP contribution in [0.3, 0.4) is 0 Å². The van der Waals surface area contributed by atoms with Crippen LogP contribution < -0.4 is 4.74 Å². The van der Waals surface area contributed by atoms with Crippen LogP contribution in [0.4, 0.5) is 0 Å². The Labute approximate surface area is 134 Å². The first kappa shape index (κ1) is 13.2. The molecule has 0 aliphatic carbocycles. The predicted octanol–water partition coefficient (Wildman–Crippen LogP) is 4.88. The molecule has 0 unspecified atom stereocenters. The lowest BCUT2D eigenvalue weighted by molar-refractivity contribution is 0.469. The number of nitriles is 1. The number of fused-ring (bicyclic) bond motifs is 3. The van der Waals surface area contributed by atoms with Crippen molar-refractivity contribution in [3.63, 3.8) is 0 Å². The highest BCUT2D eigenvalue weighted by atomic mass is 32.1. The summed E-state index contributed by atoms with van der Waals surface area (Å²) in [7, 11) is 0. The maximum absolute atomic E-state index is 8.82. The SMILES string of the molecule is Cc1nc2c(cc(Oc3ccc(C#N)cn3)c3ccsc32)s1. The second-order valence-electron chi connectivity index (χ2n) is 4.72. The fourth-order valence-corrected chi connectivity index (χ4v) is 4.12. The van der Waals surface area contributed by atoms with Gasteiger partial charge in [-0.05, 0) is 24.4 Å². The average Bonchev–Trinajstić information content (AvgIpc) is 3.14. The molecular weight excluding hydrogens is 314 g/mol. The van der Waals surface area contributed by atoms with Gasteiger partial charge in [-0.3, -0.25) is 0 Å². The molecule has 0 bridgehead atoms. The standard InChI is InChI=1S/C16H9N3OS2/c1-9-19-15-13(22-9)6-12(11-4-5-21-16(11)15)20-14-3-2-10(7-17)8-18-14/h2-6,8H,1H3. The minimum atomic E-state index is 0.479. The molecule has 106 valence electrons. The summed E-state index contributed by atoms with van der Waals surface area (Å²) in [6.45, 7) is 2.01. The molecule has 22 heavy (non-hydrogen) atoms. The monoisotopic (exact) mass is 323 g/mol. The highest BCUT2D eigenvalue weighted by molar-refractivity contribution is 7.21. The van der Waals surface area contributed by atoms with E-state index in [2.05, 4.69) is 9.97 Å². The molecule has 0 spiro atoms. The summed E-state index contributed by atoms with van der Waals surface area (Å²) in [5.41, 5.74) is 1.55. The quantitative estimate of drug-likeness (QED) is 0.527. The molecule has 6 heteroatoms. The lowest BCUT2D eigenvalue weighted by Crippen LogP contribution is -1.89. The van der Waals surface area contributed by atoms with Crippen LogP contribution in [-0.2, 0) is 0 Å². The summed E-state index contributed by atoms with van der Waals surface area (Å²) in [5.74, 6) is 1.25. The predicted molar refractivity (Wildman–Crippen MR) is 88.8 cm³/mol. The van der Waals surface area contributed by atoms with Crippen molar-refractivity contribution in [2.24, 2.45) is 0 Å². The second-order valence-corrected chi connectivity index (χ2v) is 6.87. The molecule has 0 atom stereocenters. The Morgan fingerprint density at radius 3 is 2.95 bits per heavy atom. The lowest BCUT2D eigenvalue weighted by Gasteiger charge is -2.06. The third kappa shape index (κ3) is 2.11. The molecule has 0 aliphatic rings. The minimum Gasteiger partial charge on any atom is -0.438 e. The zero-order valence-corrected chi connectivity index (χ0v) is 13.2. The van der Waals surface area contributed by atoms with Crippen molar-refractivity contribution >= 4 is 43.0 Å². The molecular formula is C16H9N3OS2. The number of hydrogen-bond acceptors (Lipinski definition) is 6. The van der Waals surface area contributed by atoms with Gasteiger partial charge >= 0.3 is 0 Å². The molecule has 4 rings (SSSR count). The Hall–Kier alpha value is -2.49. The molecule has 3 heterocycles. The summed E-state index contributed by atoms with van der Waals surface area (Å²) in [5, 5.41) is 12.9. The molecule has 1 aromatic carbocycles. The molecule has 0 radical (unpaired) electrons. The van der Waals surface area contributed by atoms with Crippen molar-refractivity contribution in [1.82, 2.24) is 9.97 Å². The summed E-state index contributed by atoms with van der Waals surface area (Å²) < 4.78 is 8.17. The topological polar surface area (TPSA) is 58.8 Å². The lowest BCUT2D eigenvalue weighted by atomic mass is 10.2. The first-order valence-corrected chi connectivity index (χ1v) is 8.25. The van der Waals surface area contributed by atoms with Crippen LogP contribution in [0.5, 0.6) is 11.6 Å². The van der Waals surface area contributed by atoms with Gasteiger partial charge in [0.2, 0.25) is 5.88 Å². The number of nitrogens with zero attached hydrogens (tertiary/aromatic N) is 3. The number of hydrogen-bond donors (Lipinski definition) is 0. The summed E-state index contributed by atoms with van der Waals surface area (Å²) in [4.78, 5) is 8.77. The molecule has 3 aromatic heterocycles. The highest BCUT2D eigenvalue weighted by Gasteiger charge is 2.13. The zero-order valence-electron chi connectivity index (χ0n) is 11.5. The zero-order chi connectivity index (χ0) is 15.1. The van der Waals surface area contributed by atoms with Crippen LogP contribution in [0.1, 0.15) is 10.6 Å². The molecule has 4 nitrogen and oxygen atoms in total. The Bertz CT molecular complexity index is 1030. The fraction of sp³-hybridized carbons (Fsp3) is 0.0625. The molecule has 4 aromatic rings. The van der Waals surface area contributed by atoms with Gasteiger partial charge in [0.05, 0.1) is 25.5 Å². The van der Waals surface area contributed by atoms with E-state index in [1.807, 2.05) is 30.5 Å². The van der Waals surface area contributed by atoms with Crippen LogP contribution in [0, 0.1) is 18.3 Å². The van der Waals surface area contributed by atoms with E-state index in [1.54, 1.807) is 34.8 Å². The van der Waals surface area contributed by atoms with Crippen LogP contribution in [0.15, 0.2) is 35.8 Å². The van der Waals surface area contributed by atoms with Gasteiger partial charge in [0.15, 0.2) is 0 Å². The molecule has 0 fully saturated rings. The van der Waals surface area contributed by atoms with Gasteiger partial charge < -0.3 is 4.74 Å². The number of aryl methyl sites for hydroxylation is 1. The maximum atomic E-state index is 8.82. The van der Waals surface area contributed by atoms with E-state index < -0.39 is 0 Å². The fourth-order valence-electron chi connectivity index (χ4n) is 2.29. The Morgan fingerprint density at radius 1 is 1.27 bits per heavy atom. The third-order valence-corrected chi connectivity index (χ3v) is 5.09. The van der Waals surface area contributed by atoms with Crippen molar-refractivity contribution < 1.29 is 4.74 Å². The van der Waals surface area contributed by atoms with Crippen molar-refractivity contribution in [2.75, 3.05) is 0 Å². The first-order valence-electron chi connectivity index (χ1n) is 6.56. The average molecular weight is 323 g/mol. The second kappa shape index (κ2) is 5.05. The summed E-state index contributed by atoms with van der Waals surface area (Å²) in [6, 6.07) is 9.50. The van der Waals surface area contributed by atoms with E-state index in [0.29, 0.717) is 11.4 Å². The molecule has 0 N–H and O–H groups in total. The van der Waals surface area contributed by atoms with E-state index in [-0.39, 0.29) is 0 Å². The normalized spacial score (nSPS) is 10.9. The van der Waals surface area contributed by atoms with Gasteiger partial charge in [-0.1, -0.05) is 0 Å². The summed E-state index contributed by atoms with van der Waals surface area (Å²) >= 11 is 3.31. The number of benzene rings is 1. The van der Waals surface area contributed by atoms with Gasteiger partial charge in [0.25, 0.3) is 0 Å². The molecule has 0 saturated carbocycles. The number of rotatable bonds is 2. The largest absolute Gasteiger partial charge is 0.438 e. The molecule has 0 aliphatic heterocycles. The van der Waals surface area contributed by atoms with Crippen molar-refractivity contribution in [1.29, 1.82) is 5.26 Å². The van der Waals surface area contributed by atoms with Crippen LogP contribution in [-0.4, -0.2) is 9.97 Å². The summed E-state index contributed by atoms with van der Waals surface area (Å²) in [6.07, 6.45) is 1.51. The number of ether oxygens (including phenoxy) is 1. The Balaban J connectivity index is 1.85. The van der Waals surface area contributed by atoms with Gasteiger partial charge in [0, 0.05) is 23.7 Å². The van der Waals surface area contributed by atoms with E-state index in [9.17, 15) is 0 Å². The highest BCUT2D eigenvalue weighted by Crippen LogP contribution is 2.40. The first-order chi connectivity index (χ1) is 10.7. The number of thiophene rings is 1. The van der Waals surface area contributed by atoms with E-state index in [1.165, 1.54) is 6.20 Å². The number of thiazole rings is 1. The maximum Gasteiger partial charge on any atom is 0.219 e. The molecule has 0 amide bonds. The Kier molecular flexibility index (Phi) is 3.03. The van der Waals surface area contributed by atoms with Crippen molar-refractivity contribution in [3.05, 3.63) is 46.4 Å². The number of aromatic nitrogens is 2. The van der Waals surface area contributed by atoms with E-state index in [4.69, 9.17) is 10.00 Å². The van der Waals surface area contributed by atoms with E-state index in [0.717, 1.165) is 31.1 Å². The van der Waals surface area contributed by atoms with Gasteiger partial charge in [-0.2, -0.15) is 5.26 Å². The van der Waals surface area contributed by atoms with Gasteiger partial charge in [-0.15, -0.1) is 22.7 Å². The smallest absolute Gasteiger partial charge is 0.219 e. The third-order valence-electron chi connectivity index (χ3n) is 3.25. The van der Waals surface area contributed by atoms with Crippen molar-refractivity contribution in [2.45, 2.75) is 6.92 Å². The van der Waals surface area contributed by atoms with Gasteiger partial charge in [0.1, 0.15) is 11.8 Å². The van der Waals surface area contributed by atoms with Gasteiger partial charge in [-0.25, -0.2) is 9.97 Å². The van der Waals surface area contributed by atoms with Crippen molar-refractivity contribution in [3.8, 4) is 17.7 Å². The van der Waals surface area contributed by atoms with Crippen LogP contribution in [0.2, 0.25) is 0 Å². The van der Waals surface area contributed by atoms with Crippen LogP contribution in [0.25, 0.3) is 20.3 Å². The molecule has 0 saturated heterocycles. The number of pyridine rings is 1. The van der Waals surface area contributed by atoms with Crippen LogP contribution >= 0.6 is 22.7 Å².